The van der Waals surface area contributed by atoms with Gasteiger partial charge in [0.1, 0.15) is 12.1 Å². The molecule has 1 heterocycles. The van der Waals surface area contributed by atoms with E-state index in [1.807, 2.05) is 24.3 Å². The fourth-order valence-corrected chi connectivity index (χ4v) is 2.28. The number of benzene rings is 2. The molecule has 0 aliphatic rings. The molecule has 9 heteroatoms. The van der Waals surface area contributed by atoms with E-state index >= 15 is 0 Å². The highest BCUT2D eigenvalue weighted by molar-refractivity contribution is 5.91. The predicted molar refractivity (Wildman–Crippen MR) is 94.3 cm³/mol. The highest BCUT2D eigenvalue weighted by Gasteiger charge is 2.11. The van der Waals surface area contributed by atoms with Gasteiger partial charge in [-0.25, -0.2) is 9.48 Å². The smallest absolute Gasteiger partial charge is 0.338 e. The van der Waals surface area contributed by atoms with Gasteiger partial charge in [0.05, 0.1) is 18.4 Å². The first-order valence-corrected chi connectivity index (χ1v) is 8.06. The SMILES string of the molecule is COc1cccc(CNC(=O)COC(=O)c2ccc(-n3cnnn3)cc2)c1. The number of carbonyl (C=O) groups excluding carboxylic acids is 2. The summed E-state index contributed by atoms with van der Waals surface area (Å²) in [6.07, 6.45) is 1.44. The van der Waals surface area contributed by atoms with Gasteiger partial charge in [0.2, 0.25) is 0 Å². The highest BCUT2D eigenvalue weighted by atomic mass is 16.5. The van der Waals surface area contributed by atoms with E-state index < -0.39 is 11.9 Å². The first-order chi connectivity index (χ1) is 13.2. The molecule has 0 bridgehead atoms. The minimum Gasteiger partial charge on any atom is -0.497 e. The first kappa shape index (κ1) is 18.1. The van der Waals surface area contributed by atoms with Crippen molar-refractivity contribution in [3.8, 4) is 11.4 Å². The zero-order valence-electron chi connectivity index (χ0n) is 14.5. The van der Waals surface area contributed by atoms with Crippen LogP contribution in [0.2, 0.25) is 0 Å². The number of carbonyl (C=O) groups is 2. The Bertz CT molecular complexity index is 910. The van der Waals surface area contributed by atoms with E-state index in [2.05, 4.69) is 20.8 Å². The molecule has 2 aromatic carbocycles. The molecule has 0 aliphatic carbocycles. The Morgan fingerprint density at radius 2 is 1.96 bits per heavy atom. The van der Waals surface area contributed by atoms with Crippen LogP contribution in [0.1, 0.15) is 15.9 Å². The van der Waals surface area contributed by atoms with Crippen LogP contribution in [0, 0.1) is 0 Å². The molecule has 9 nitrogen and oxygen atoms in total. The lowest BCUT2D eigenvalue weighted by molar-refractivity contribution is -0.124. The van der Waals surface area contributed by atoms with Gasteiger partial charge in [-0.05, 0) is 52.4 Å². The van der Waals surface area contributed by atoms with Gasteiger partial charge in [0.15, 0.2) is 6.61 Å². The van der Waals surface area contributed by atoms with Gasteiger partial charge in [-0.3, -0.25) is 4.79 Å². The second kappa shape index (κ2) is 8.56. The predicted octanol–water partition coefficient (Wildman–Crippen LogP) is 1.14. The average molecular weight is 367 g/mol. The summed E-state index contributed by atoms with van der Waals surface area (Å²) in [6, 6.07) is 13.8. The molecule has 3 rings (SSSR count). The van der Waals surface area contributed by atoms with Crippen molar-refractivity contribution in [1.29, 1.82) is 0 Å². The highest BCUT2D eigenvalue weighted by Crippen LogP contribution is 2.12. The number of tetrazole rings is 1. The maximum absolute atomic E-state index is 12.0. The van der Waals surface area contributed by atoms with Gasteiger partial charge >= 0.3 is 5.97 Å². The van der Waals surface area contributed by atoms with E-state index in [1.165, 1.54) is 11.0 Å². The lowest BCUT2D eigenvalue weighted by atomic mass is 10.2. The van der Waals surface area contributed by atoms with Crippen LogP contribution >= 0.6 is 0 Å². The molecule has 1 aromatic heterocycles. The Morgan fingerprint density at radius 1 is 1.15 bits per heavy atom. The van der Waals surface area contributed by atoms with Crippen molar-refractivity contribution in [3.05, 3.63) is 66.0 Å². The largest absolute Gasteiger partial charge is 0.497 e. The van der Waals surface area contributed by atoms with Gasteiger partial charge in [0, 0.05) is 6.54 Å². The normalized spacial score (nSPS) is 10.3. The molecule has 0 spiro atoms. The molecule has 0 saturated heterocycles. The molecule has 138 valence electrons. The number of methoxy groups -OCH3 is 1. The number of nitrogens with zero attached hydrogens (tertiary/aromatic N) is 4. The molecule has 0 fully saturated rings. The molecule has 1 N–H and O–H groups in total. The Balaban J connectivity index is 1.47. The van der Waals surface area contributed by atoms with Crippen molar-refractivity contribution in [3.63, 3.8) is 0 Å². The van der Waals surface area contributed by atoms with Crippen LogP contribution in [0.3, 0.4) is 0 Å². The van der Waals surface area contributed by atoms with E-state index in [0.29, 0.717) is 23.5 Å². The quantitative estimate of drug-likeness (QED) is 0.624. The van der Waals surface area contributed by atoms with Gasteiger partial charge in [-0.1, -0.05) is 12.1 Å². The standard InChI is InChI=1S/C18H17N5O4/c1-26-16-4-2-3-13(9-16)10-19-17(24)11-27-18(25)14-5-7-15(8-6-14)23-12-20-21-22-23/h2-9,12H,10-11H2,1H3,(H,19,24). The minimum absolute atomic E-state index is 0.314. The molecule has 27 heavy (non-hydrogen) atoms. The van der Waals surface area contributed by atoms with Gasteiger partial charge < -0.3 is 14.8 Å². The van der Waals surface area contributed by atoms with Crippen molar-refractivity contribution in [2.45, 2.75) is 6.54 Å². The van der Waals surface area contributed by atoms with Crippen molar-refractivity contribution in [2.24, 2.45) is 0 Å². The van der Waals surface area contributed by atoms with E-state index in [1.54, 1.807) is 31.4 Å². The summed E-state index contributed by atoms with van der Waals surface area (Å²) >= 11 is 0. The lowest BCUT2D eigenvalue weighted by Crippen LogP contribution is -2.28. The molecule has 0 atom stereocenters. The van der Waals surface area contributed by atoms with Crippen LogP contribution in [0.4, 0.5) is 0 Å². The summed E-state index contributed by atoms with van der Waals surface area (Å²) in [7, 11) is 1.58. The van der Waals surface area contributed by atoms with E-state index in [4.69, 9.17) is 9.47 Å². The van der Waals surface area contributed by atoms with E-state index in [0.717, 1.165) is 5.56 Å². The number of esters is 1. The van der Waals surface area contributed by atoms with Crippen molar-refractivity contribution >= 4 is 11.9 Å². The number of ether oxygens (including phenoxy) is 2. The summed E-state index contributed by atoms with van der Waals surface area (Å²) in [4.78, 5) is 23.9. The third-order valence-electron chi connectivity index (χ3n) is 3.67. The molecular weight excluding hydrogens is 350 g/mol. The topological polar surface area (TPSA) is 108 Å². The minimum atomic E-state index is -0.588. The number of rotatable bonds is 7. The van der Waals surface area contributed by atoms with Crippen LogP contribution in [0.5, 0.6) is 5.75 Å². The van der Waals surface area contributed by atoms with Crippen molar-refractivity contribution < 1.29 is 19.1 Å². The fraction of sp³-hybridized carbons (Fsp3) is 0.167. The van der Waals surface area contributed by atoms with Crippen LogP contribution < -0.4 is 10.1 Å². The van der Waals surface area contributed by atoms with Gasteiger partial charge in [-0.2, -0.15) is 0 Å². The van der Waals surface area contributed by atoms with Gasteiger partial charge in [-0.15, -0.1) is 5.10 Å². The fourth-order valence-electron chi connectivity index (χ4n) is 2.28. The van der Waals surface area contributed by atoms with Crippen LogP contribution in [0.25, 0.3) is 5.69 Å². The number of nitrogens with one attached hydrogen (secondary N) is 1. The molecular formula is C18H17N5O4. The Morgan fingerprint density at radius 3 is 2.67 bits per heavy atom. The van der Waals surface area contributed by atoms with Crippen molar-refractivity contribution in [1.82, 2.24) is 25.5 Å². The van der Waals surface area contributed by atoms with E-state index in [-0.39, 0.29) is 6.61 Å². The monoisotopic (exact) mass is 367 g/mol. The lowest BCUT2D eigenvalue weighted by Gasteiger charge is -2.08. The van der Waals surface area contributed by atoms with E-state index in [9.17, 15) is 9.59 Å². The van der Waals surface area contributed by atoms with Crippen molar-refractivity contribution in [2.75, 3.05) is 13.7 Å². The second-order valence-corrected chi connectivity index (χ2v) is 5.51. The zero-order valence-corrected chi connectivity index (χ0v) is 14.5. The van der Waals surface area contributed by atoms with Crippen LogP contribution in [-0.4, -0.2) is 45.8 Å². The Labute approximate surface area is 154 Å². The summed E-state index contributed by atoms with van der Waals surface area (Å²) < 4.78 is 11.6. The molecule has 0 aliphatic heterocycles. The number of hydrogen-bond acceptors (Lipinski definition) is 7. The number of amides is 1. The molecule has 0 saturated carbocycles. The van der Waals surface area contributed by atoms with Crippen LogP contribution in [0.15, 0.2) is 54.9 Å². The third kappa shape index (κ3) is 4.88. The Kier molecular flexibility index (Phi) is 5.73. The van der Waals surface area contributed by atoms with Gasteiger partial charge in [0.25, 0.3) is 5.91 Å². The summed E-state index contributed by atoms with van der Waals surface area (Å²) in [6.45, 7) is -0.0498. The third-order valence-corrected chi connectivity index (χ3v) is 3.67. The first-order valence-electron chi connectivity index (χ1n) is 8.06. The molecule has 0 radical (unpaired) electrons. The zero-order chi connectivity index (χ0) is 19.1. The average Bonchev–Trinajstić information content (AvgIpc) is 3.25. The Hall–Kier alpha value is -3.75. The molecule has 1 amide bonds. The number of aromatic nitrogens is 4. The molecule has 3 aromatic rings. The summed E-state index contributed by atoms with van der Waals surface area (Å²) in [5.74, 6) is -0.274. The maximum Gasteiger partial charge on any atom is 0.338 e. The summed E-state index contributed by atoms with van der Waals surface area (Å²) in [5.41, 5.74) is 1.91. The summed E-state index contributed by atoms with van der Waals surface area (Å²) in [5, 5.41) is 13.5. The van der Waals surface area contributed by atoms with Crippen LogP contribution in [-0.2, 0) is 16.1 Å². The second-order valence-electron chi connectivity index (χ2n) is 5.51. The molecule has 0 unspecified atom stereocenters. The number of hydrogen-bond donors (Lipinski definition) is 1. The maximum atomic E-state index is 12.0.